The van der Waals surface area contributed by atoms with Crippen molar-refractivity contribution in [2.45, 2.75) is 33.2 Å². The average Bonchev–Trinajstić information content (AvgIpc) is 2.73. The highest BCUT2D eigenvalue weighted by Gasteiger charge is 2.13. The summed E-state index contributed by atoms with van der Waals surface area (Å²) >= 11 is 5.75. The summed E-state index contributed by atoms with van der Waals surface area (Å²) < 4.78 is 15.3. The van der Waals surface area contributed by atoms with Gasteiger partial charge in [0.05, 0.1) is 16.8 Å². The molecule has 0 bridgehead atoms. The van der Waals surface area contributed by atoms with E-state index in [0.29, 0.717) is 22.8 Å². The van der Waals surface area contributed by atoms with E-state index in [-0.39, 0.29) is 16.6 Å². The van der Waals surface area contributed by atoms with Crippen LogP contribution in [0.5, 0.6) is 0 Å². The number of aliphatic imine (C=N–C) groups is 1. The zero-order valence-electron chi connectivity index (χ0n) is 17.1. The van der Waals surface area contributed by atoms with Gasteiger partial charge in [0.25, 0.3) is 5.56 Å². The Hall–Kier alpha value is -3.12. The molecule has 1 unspecified atom stereocenters. The third kappa shape index (κ3) is 4.71. The van der Waals surface area contributed by atoms with Gasteiger partial charge in [-0.25, -0.2) is 19.4 Å². The fourth-order valence-corrected chi connectivity index (χ4v) is 3.18. The molecule has 3 aromatic rings. The summed E-state index contributed by atoms with van der Waals surface area (Å²) in [6.45, 7) is 9.62. The molecule has 0 spiro atoms. The zero-order chi connectivity index (χ0) is 21.8. The quantitative estimate of drug-likeness (QED) is 0.472. The molecule has 7 heteroatoms. The molecule has 0 aliphatic heterocycles. The first-order valence-corrected chi connectivity index (χ1v) is 9.92. The molecule has 3 rings (SSSR count). The molecule has 1 aromatic carbocycles. The van der Waals surface area contributed by atoms with Gasteiger partial charge in [-0.1, -0.05) is 31.2 Å². The Balaban J connectivity index is 1.94. The number of allylic oxidation sites excluding steroid dienone is 1. The highest BCUT2D eigenvalue weighted by atomic mass is 35.5. The molecule has 0 saturated carbocycles. The first-order chi connectivity index (χ1) is 14.3. The third-order valence-corrected chi connectivity index (χ3v) is 5.10. The number of hydrogen-bond acceptors (Lipinski definition) is 4. The van der Waals surface area contributed by atoms with E-state index in [1.807, 2.05) is 20.8 Å². The van der Waals surface area contributed by atoms with E-state index in [0.717, 1.165) is 17.7 Å². The van der Waals surface area contributed by atoms with E-state index >= 15 is 0 Å². The number of halogens is 2. The van der Waals surface area contributed by atoms with Crippen LogP contribution in [0.3, 0.4) is 0 Å². The molecule has 2 heterocycles. The SMILES string of the molecule is C=C(C)C(CC)=Nc1nccc(-c2ccn(C(C)c3ccc(Cl)c(F)c3)c(=O)c2)n1. The van der Waals surface area contributed by atoms with Crippen molar-refractivity contribution in [3.05, 3.63) is 87.7 Å². The van der Waals surface area contributed by atoms with Crippen LogP contribution in [-0.4, -0.2) is 20.2 Å². The first kappa shape index (κ1) is 21.6. The van der Waals surface area contributed by atoms with Crippen LogP contribution in [0.25, 0.3) is 11.3 Å². The molecule has 0 radical (unpaired) electrons. The van der Waals surface area contributed by atoms with Gasteiger partial charge in [0.1, 0.15) is 5.82 Å². The van der Waals surface area contributed by atoms with Gasteiger partial charge in [-0.05, 0) is 55.7 Å². The Bertz CT molecular complexity index is 1190. The normalized spacial score (nSPS) is 12.6. The first-order valence-electron chi connectivity index (χ1n) is 9.54. The van der Waals surface area contributed by atoms with Gasteiger partial charge in [0, 0.05) is 29.7 Å². The minimum atomic E-state index is -0.513. The zero-order valence-corrected chi connectivity index (χ0v) is 17.8. The Morgan fingerprint density at radius 2 is 2.07 bits per heavy atom. The van der Waals surface area contributed by atoms with Crippen LogP contribution in [0, 0.1) is 5.82 Å². The average molecular weight is 425 g/mol. The summed E-state index contributed by atoms with van der Waals surface area (Å²) in [5, 5.41) is 0.0498. The summed E-state index contributed by atoms with van der Waals surface area (Å²) in [4.78, 5) is 25.8. The summed E-state index contributed by atoms with van der Waals surface area (Å²) in [5.74, 6) is -0.192. The van der Waals surface area contributed by atoms with Crippen molar-refractivity contribution in [3.63, 3.8) is 0 Å². The van der Waals surface area contributed by atoms with Crippen molar-refractivity contribution >= 4 is 23.3 Å². The lowest BCUT2D eigenvalue weighted by Crippen LogP contribution is -2.22. The molecule has 0 saturated heterocycles. The second-order valence-corrected chi connectivity index (χ2v) is 7.35. The maximum atomic E-state index is 13.8. The molecule has 30 heavy (non-hydrogen) atoms. The van der Waals surface area contributed by atoms with Crippen molar-refractivity contribution in [3.8, 4) is 11.3 Å². The van der Waals surface area contributed by atoms with Gasteiger partial charge in [0.2, 0.25) is 5.95 Å². The lowest BCUT2D eigenvalue weighted by molar-refractivity contribution is 0.593. The van der Waals surface area contributed by atoms with E-state index < -0.39 is 5.82 Å². The Labute approximate surface area is 179 Å². The van der Waals surface area contributed by atoms with Gasteiger partial charge in [-0.2, -0.15) is 0 Å². The van der Waals surface area contributed by atoms with Crippen LogP contribution in [0.4, 0.5) is 10.3 Å². The molecule has 0 aliphatic carbocycles. The summed E-state index contributed by atoms with van der Waals surface area (Å²) in [6, 6.07) is 9.19. The molecule has 2 aromatic heterocycles. The number of benzene rings is 1. The third-order valence-electron chi connectivity index (χ3n) is 4.79. The van der Waals surface area contributed by atoms with Crippen molar-refractivity contribution in [1.82, 2.24) is 14.5 Å². The molecule has 1 atom stereocenters. The van der Waals surface area contributed by atoms with E-state index in [1.165, 1.54) is 22.8 Å². The highest BCUT2D eigenvalue weighted by molar-refractivity contribution is 6.30. The Morgan fingerprint density at radius 1 is 1.30 bits per heavy atom. The van der Waals surface area contributed by atoms with E-state index in [4.69, 9.17) is 11.6 Å². The molecular weight excluding hydrogens is 403 g/mol. The second kappa shape index (κ2) is 9.13. The Kier molecular flexibility index (Phi) is 6.57. The van der Waals surface area contributed by atoms with Crippen molar-refractivity contribution in [1.29, 1.82) is 0 Å². The van der Waals surface area contributed by atoms with Crippen LogP contribution < -0.4 is 5.56 Å². The second-order valence-electron chi connectivity index (χ2n) is 6.94. The fourth-order valence-electron chi connectivity index (χ4n) is 3.06. The standard InChI is InChI=1S/C23H22ClFN4O/c1-5-20(14(2)3)27-23-26-10-8-21(28-23)17-9-11-29(22(30)13-17)15(4)16-6-7-18(24)19(25)12-16/h6-13,15H,2,5H2,1,3-4H3. The number of pyridine rings is 1. The summed E-state index contributed by atoms with van der Waals surface area (Å²) in [7, 11) is 0. The number of aromatic nitrogens is 3. The van der Waals surface area contributed by atoms with Gasteiger partial charge >= 0.3 is 0 Å². The van der Waals surface area contributed by atoms with Crippen LogP contribution >= 0.6 is 11.6 Å². The van der Waals surface area contributed by atoms with Gasteiger partial charge in [-0.3, -0.25) is 4.79 Å². The minimum absolute atomic E-state index is 0.0498. The fraction of sp³-hybridized carbons (Fsp3) is 0.217. The molecular formula is C23H22ClFN4O. The maximum Gasteiger partial charge on any atom is 0.251 e. The molecule has 5 nitrogen and oxygen atoms in total. The molecule has 0 N–H and O–H groups in total. The maximum absolute atomic E-state index is 13.8. The van der Waals surface area contributed by atoms with Crippen molar-refractivity contribution in [2.24, 2.45) is 4.99 Å². The van der Waals surface area contributed by atoms with Crippen LogP contribution in [-0.2, 0) is 0 Å². The van der Waals surface area contributed by atoms with Crippen LogP contribution in [0.2, 0.25) is 5.02 Å². The van der Waals surface area contributed by atoms with Crippen LogP contribution in [0.15, 0.2) is 70.7 Å². The monoisotopic (exact) mass is 424 g/mol. The predicted octanol–water partition coefficient (Wildman–Crippen LogP) is 5.77. The molecule has 154 valence electrons. The van der Waals surface area contributed by atoms with Crippen LogP contribution in [0.1, 0.15) is 38.8 Å². The summed E-state index contributed by atoms with van der Waals surface area (Å²) in [6.07, 6.45) is 4.00. The van der Waals surface area contributed by atoms with Gasteiger partial charge < -0.3 is 4.57 Å². The smallest absolute Gasteiger partial charge is 0.251 e. The van der Waals surface area contributed by atoms with Gasteiger partial charge in [0.15, 0.2) is 0 Å². The van der Waals surface area contributed by atoms with Gasteiger partial charge in [-0.15, -0.1) is 0 Å². The molecule has 0 fully saturated rings. The lowest BCUT2D eigenvalue weighted by atomic mass is 10.1. The van der Waals surface area contributed by atoms with E-state index in [2.05, 4.69) is 21.5 Å². The number of rotatable bonds is 6. The molecule has 0 aliphatic rings. The van der Waals surface area contributed by atoms with E-state index in [1.54, 1.807) is 30.6 Å². The number of hydrogen-bond donors (Lipinski definition) is 0. The van der Waals surface area contributed by atoms with Crippen molar-refractivity contribution in [2.75, 3.05) is 0 Å². The number of nitrogens with zero attached hydrogens (tertiary/aromatic N) is 4. The van der Waals surface area contributed by atoms with E-state index in [9.17, 15) is 9.18 Å². The predicted molar refractivity (Wildman–Crippen MR) is 119 cm³/mol. The Morgan fingerprint density at radius 3 is 2.70 bits per heavy atom. The van der Waals surface area contributed by atoms with Crippen molar-refractivity contribution < 1.29 is 4.39 Å². The summed E-state index contributed by atoms with van der Waals surface area (Å²) in [5.41, 5.74) is 3.36. The topological polar surface area (TPSA) is 60.1 Å². The lowest BCUT2D eigenvalue weighted by Gasteiger charge is -2.16. The molecule has 0 amide bonds. The minimum Gasteiger partial charge on any atom is -0.308 e. The highest BCUT2D eigenvalue weighted by Crippen LogP contribution is 2.23. The largest absolute Gasteiger partial charge is 0.308 e.